The van der Waals surface area contributed by atoms with Gasteiger partial charge in [-0.15, -0.1) is 0 Å². The zero-order chi connectivity index (χ0) is 14.7. The summed E-state index contributed by atoms with van der Waals surface area (Å²) in [5.41, 5.74) is 2.75. The summed E-state index contributed by atoms with van der Waals surface area (Å²) in [5.74, 6) is 0.886. The van der Waals surface area contributed by atoms with Crippen LogP contribution in [-0.2, 0) is 0 Å². The molecule has 0 aromatic heterocycles. The topological polar surface area (TPSA) is 18.5 Å². The number of anilines is 1. The molecule has 2 fully saturated rings. The SMILES string of the molecule is Cc1cccc(N2CCN(C(C)C3CCNCC3)CC2)c1. The fraction of sp³-hybridized carbons (Fsp3) is 0.667. The standard InChI is InChI=1S/C18H29N3/c1-15-4-3-5-18(14-15)21-12-10-20(11-13-21)16(2)17-6-8-19-9-7-17/h3-5,14,16-17,19H,6-13H2,1-2H3. The second-order valence-corrected chi connectivity index (χ2v) is 6.69. The third-order valence-corrected chi connectivity index (χ3v) is 5.32. The summed E-state index contributed by atoms with van der Waals surface area (Å²) in [4.78, 5) is 5.25. The van der Waals surface area contributed by atoms with Crippen LogP contribution < -0.4 is 10.2 Å². The molecule has 2 heterocycles. The van der Waals surface area contributed by atoms with Gasteiger partial charge >= 0.3 is 0 Å². The number of piperazine rings is 1. The van der Waals surface area contributed by atoms with Gasteiger partial charge in [0.15, 0.2) is 0 Å². The molecule has 3 rings (SSSR count). The Hall–Kier alpha value is -1.06. The van der Waals surface area contributed by atoms with Gasteiger partial charge in [0.1, 0.15) is 0 Å². The van der Waals surface area contributed by atoms with Gasteiger partial charge in [-0.1, -0.05) is 12.1 Å². The molecule has 0 bridgehead atoms. The molecule has 2 aliphatic rings. The molecule has 116 valence electrons. The summed E-state index contributed by atoms with van der Waals surface area (Å²) in [5, 5.41) is 3.48. The van der Waals surface area contributed by atoms with Gasteiger partial charge in [-0.25, -0.2) is 0 Å². The van der Waals surface area contributed by atoms with Crippen LogP contribution in [0.25, 0.3) is 0 Å². The van der Waals surface area contributed by atoms with Gasteiger partial charge in [0.05, 0.1) is 0 Å². The first kappa shape index (κ1) is 14.9. The van der Waals surface area contributed by atoms with E-state index in [1.807, 2.05) is 0 Å². The zero-order valence-corrected chi connectivity index (χ0v) is 13.5. The molecular formula is C18H29N3. The van der Waals surface area contributed by atoms with Gasteiger partial charge in [0, 0.05) is 37.9 Å². The van der Waals surface area contributed by atoms with Crippen molar-refractivity contribution in [1.82, 2.24) is 10.2 Å². The van der Waals surface area contributed by atoms with E-state index in [4.69, 9.17) is 0 Å². The van der Waals surface area contributed by atoms with Crippen molar-refractivity contribution < 1.29 is 0 Å². The Morgan fingerprint density at radius 1 is 1.10 bits per heavy atom. The molecule has 1 aromatic carbocycles. The highest BCUT2D eigenvalue weighted by molar-refractivity contribution is 5.48. The maximum absolute atomic E-state index is 3.48. The first-order valence-electron chi connectivity index (χ1n) is 8.50. The van der Waals surface area contributed by atoms with E-state index in [2.05, 4.69) is 53.2 Å². The molecule has 0 radical (unpaired) electrons. The molecule has 0 aliphatic carbocycles. The molecule has 1 aromatic rings. The molecule has 3 nitrogen and oxygen atoms in total. The lowest BCUT2D eigenvalue weighted by Gasteiger charge is -2.42. The molecule has 1 N–H and O–H groups in total. The van der Waals surface area contributed by atoms with Crippen LogP contribution in [0.2, 0.25) is 0 Å². The van der Waals surface area contributed by atoms with Crippen LogP contribution in [-0.4, -0.2) is 50.2 Å². The van der Waals surface area contributed by atoms with E-state index in [9.17, 15) is 0 Å². The van der Waals surface area contributed by atoms with Crippen LogP contribution >= 0.6 is 0 Å². The van der Waals surface area contributed by atoms with E-state index >= 15 is 0 Å². The van der Waals surface area contributed by atoms with E-state index in [1.165, 1.54) is 63.4 Å². The Kier molecular flexibility index (Phi) is 4.81. The van der Waals surface area contributed by atoms with Gasteiger partial charge in [-0.3, -0.25) is 4.90 Å². The predicted octanol–water partition coefficient (Wildman–Crippen LogP) is 2.51. The van der Waals surface area contributed by atoms with Gasteiger partial charge in [-0.2, -0.15) is 0 Å². The van der Waals surface area contributed by atoms with Crippen LogP contribution in [0.15, 0.2) is 24.3 Å². The second kappa shape index (κ2) is 6.80. The Labute approximate surface area is 129 Å². The van der Waals surface area contributed by atoms with Crippen molar-refractivity contribution in [3.05, 3.63) is 29.8 Å². The van der Waals surface area contributed by atoms with Gasteiger partial charge < -0.3 is 10.2 Å². The van der Waals surface area contributed by atoms with Crippen molar-refractivity contribution in [1.29, 1.82) is 0 Å². The summed E-state index contributed by atoms with van der Waals surface area (Å²) in [6, 6.07) is 9.66. The average Bonchev–Trinajstić information content (AvgIpc) is 2.55. The quantitative estimate of drug-likeness (QED) is 0.921. The minimum Gasteiger partial charge on any atom is -0.369 e. The summed E-state index contributed by atoms with van der Waals surface area (Å²) in [6.07, 6.45) is 2.69. The molecule has 0 saturated carbocycles. The van der Waals surface area contributed by atoms with Crippen LogP contribution in [0.1, 0.15) is 25.3 Å². The molecule has 1 atom stereocenters. The predicted molar refractivity (Wildman–Crippen MR) is 90.0 cm³/mol. The number of piperidine rings is 1. The monoisotopic (exact) mass is 287 g/mol. The molecule has 3 heteroatoms. The van der Waals surface area contributed by atoms with Crippen molar-refractivity contribution in [2.45, 2.75) is 32.7 Å². The highest BCUT2D eigenvalue weighted by atomic mass is 15.3. The number of benzene rings is 1. The lowest BCUT2D eigenvalue weighted by molar-refractivity contribution is 0.127. The lowest BCUT2D eigenvalue weighted by atomic mass is 9.90. The molecule has 21 heavy (non-hydrogen) atoms. The largest absolute Gasteiger partial charge is 0.369 e. The van der Waals surface area contributed by atoms with Crippen LogP contribution in [0.4, 0.5) is 5.69 Å². The smallest absolute Gasteiger partial charge is 0.0369 e. The minimum atomic E-state index is 0.742. The molecule has 2 saturated heterocycles. The second-order valence-electron chi connectivity index (χ2n) is 6.69. The van der Waals surface area contributed by atoms with Crippen molar-refractivity contribution in [2.24, 2.45) is 5.92 Å². The van der Waals surface area contributed by atoms with E-state index in [0.29, 0.717) is 0 Å². The Bertz CT molecular complexity index is 446. The average molecular weight is 287 g/mol. The van der Waals surface area contributed by atoms with Crippen LogP contribution in [0, 0.1) is 12.8 Å². The summed E-state index contributed by atoms with van der Waals surface area (Å²) >= 11 is 0. The van der Waals surface area contributed by atoms with Crippen LogP contribution in [0.5, 0.6) is 0 Å². The van der Waals surface area contributed by atoms with E-state index in [1.54, 1.807) is 0 Å². The minimum absolute atomic E-state index is 0.742. The number of nitrogens with zero attached hydrogens (tertiary/aromatic N) is 2. The van der Waals surface area contributed by atoms with Crippen molar-refractivity contribution in [3.63, 3.8) is 0 Å². The van der Waals surface area contributed by atoms with E-state index < -0.39 is 0 Å². The fourth-order valence-electron chi connectivity index (χ4n) is 3.84. The molecular weight excluding hydrogens is 258 g/mol. The van der Waals surface area contributed by atoms with E-state index in [-0.39, 0.29) is 0 Å². The fourth-order valence-corrected chi connectivity index (χ4v) is 3.84. The van der Waals surface area contributed by atoms with Gasteiger partial charge in [0.2, 0.25) is 0 Å². The molecule has 0 spiro atoms. The number of hydrogen-bond donors (Lipinski definition) is 1. The zero-order valence-electron chi connectivity index (χ0n) is 13.5. The van der Waals surface area contributed by atoms with Gasteiger partial charge in [0.25, 0.3) is 0 Å². The number of aryl methyl sites for hydroxylation is 1. The van der Waals surface area contributed by atoms with Crippen molar-refractivity contribution in [3.8, 4) is 0 Å². The first-order valence-corrected chi connectivity index (χ1v) is 8.50. The Morgan fingerprint density at radius 3 is 2.48 bits per heavy atom. The Balaban J connectivity index is 1.54. The third kappa shape index (κ3) is 3.58. The number of hydrogen-bond acceptors (Lipinski definition) is 3. The number of rotatable bonds is 3. The van der Waals surface area contributed by atoms with Crippen molar-refractivity contribution >= 4 is 5.69 Å². The number of nitrogens with one attached hydrogen (secondary N) is 1. The third-order valence-electron chi connectivity index (χ3n) is 5.32. The normalized spacial score (nSPS) is 23.2. The van der Waals surface area contributed by atoms with Crippen molar-refractivity contribution in [2.75, 3.05) is 44.2 Å². The molecule has 0 amide bonds. The molecule has 1 unspecified atom stereocenters. The summed E-state index contributed by atoms with van der Waals surface area (Å²) in [6.45, 7) is 11.8. The van der Waals surface area contributed by atoms with E-state index in [0.717, 1.165) is 12.0 Å². The summed E-state index contributed by atoms with van der Waals surface area (Å²) < 4.78 is 0. The van der Waals surface area contributed by atoms with Gasteiger partial charge in [-0.05, 0) is 63.4 Å². The highest BCUT2D eigenvalue weighted by Crippen LogP contribution is 2.24. The first-order chi connectivity index (χ1) is 10.2. The maximum atomic E-state index is 3.48. The maximum Gasteiger partial charge on any atom is 0.0369 e. The Morgan fingerprint density at radius 2 is 1.81 bits per heavy atom. The molecule has 2 aliphatic heterocycles. The van der Waals surface area contributed by atoms with Crippen LogP contribution in [0.3, 0.4) is 0 Å². The highest BCUT2D eigenvalue weighted by Gasteiger charge is 2.27. The summed E-state index contributed by atoms with van der Waals surface area (Å²) in [7, 11) is 0. The lowest BCUT2D eigenvalue weighted by Crippen LogP contribution is -2.52.